The Morgan fingerprint density at radius 1 is 1.09 bits per heavy atom. The minimum absolute atomic E-state index is 0.177. The van der Waals surface area contributed by atoms with Gasteiger partial charge in [-0.25, -0.2) is 4.79 Å². The van der Waals surface area contributed by atoms with Crippen molar-refractivity contribution in [3.63, 3.8) is 0 Å². The van der Waals surface area contributed by atoms with Crippen molar-refractivity contribution < 1.29 is 14.3 Å². The Morgan fingerprint density at radius 3 is 2.47 bits per heavy atom. The molecule has 0 aromatic heterocycles. The van der Waals surface area contributed by atoms with Crippen molar-refractivity contribution in [3.8, 4) is 11.8 Å². The molecule has 0 radical (unpaired) electrons. The lowest BCUT2D eigenvalue weighted by Crippen LogP contribution is -2.43. The van der Waals surface area contributed by atoms with Crippen LogP contribution in [0.25, 0.3) is 0 Å². The Balaban J connectivity index is 1.25. The Morgan fingerprint density at radius 2 is 1.79 bits per heavy atom. The number of halogens is 1. The number of para-hydroxylation sites is 1. The van der Waals surface area contributed by atoms with Crippen molar-refractivity contribution in [2.75, 3.05) is 44.7 Å². The monoisotopic (exact) mass is 481 g/mol. The lowest BCUT2D eigenvalue weighted by molar-refractivity contribution is 0.0601. The molecule has 2 aromatic rings. The summed E-state index contributed by atoms with van der Waals surface area (Å²) in [5, 5.41) is 9.62. The molecule has 0 atom stereocenters. The van der Waals surface area contributed by atoms with Gasteiger partial charge >= 0.3 is 5.97 Å². The van der Waals surface area contributed by atoms with Crippen LogP contribution in [0.4, 0.5) is 5.69 Å². The number of benzene rings is 2. The van der Waals surface area contributed by atoms with Gasteiger partial charge in [-0.15, -0.1) is 0 Å². The van der Waals surface area contributed by atoms with E-state index in [2.05, 4.69) is 15.9 Å². The van der Waals surface area contributed by atoms with Crippen LogP contribution >= 0.6 is 11.6 Å². The Hall–Kier alpha value is -2.75. The third-order valence-electron chi connectivity index (χ3n) is 7.07. The van der Waals surface area contributed by atoms with Gasteiger partial charge in [-0.3, -0.25) is 0 Å². The summed E-state index contributed by atoms with van der Waals surface area (Å²) in [6, 6.07) is 13.4. The number of nitrogens with zero attached hydrogens (tertiary/aromatic N) is 3. The van der Waals surface area contributed by atoms with Crippen LogP contribution in [0, 0.1) is 24.2 Å². The normalized spacial score (nSPS) is 17.9. The number of carbonyl (C=O) groups excluding carboxylic acids is 1. The molecule has 34 heavy (non-hydrogen) atoms. The first kappa shape index (κ1) is 24.4. The number of carbonyl (C=O) groups is 1. The van der Waals surface area contributed by atoms with Crippen molar-refractivity contribution in [3.05, 3.63) is 58.1 Å². The van der Waals surface area contributed by atoms with Crippen LogP contribution in [0.5, 0.6) is 5.75 Å². The van der Waals surface area contributed by atoms with Crippen LogP contribution in [-0.2, 0) is 4.74 Å². The fraction of sp³-hybridized carbons (Fsp3) is 0.481. The number of rotatable bonds is 6. The van der Waals surface area contributed by atoms with Crippen molar-refractivity contribution in [1.29, 1.82) is 5.26 Å². The molecule has 2 heterocycles. The lowest BCUT2D eigenvalue weighted by atomic mass is 9.94. The summed E-state index contributed by atoms with van der Waals surface area (Å²) in [7, 11) is 1.43. The maximum atomic E-state index is 12.1. The summed E-state index contributed by atoms with van der Waals surface area (Å²) in [6.07, 6.45) is 4.39. The van der Waals surface area contributed by atoms with Crippen LogP contribution in [0.1, 0.15) is 47.2 Å². The molecule has 7 heteroatoms. The highest BCUT2D eigenvalue weighted by atomic mass is 35.5. The van der Waals surface area contributed by atoms with E-state index in [4.69, 9.17) is 26.3 Å². The summed E-state index contributed by atoms with van der Waals surface area (Å²) >= 11 is 6.29. The Bertz CT molecular complexity index is 1050. The van der Waals surface area contributed by atoms with Crippen LogP contribution < -0.4 is 9.64 Å². The molecule has 0 spiro atoms. The van der Waals surface area contributed by atoms with E-state index >= 15 is 0 Å². The van der Waals surface area contributed by atoms with E-state index < -0.39 is 0 Å². The minimum atomic E-state index is -0.277. The third-order valence-corrected chi connectivity index (χ3v) is 7.55. The van der Waals surface area contributed by atoms with Gasteiger partial charge in [0.15, 0.2) is 0 Å². The summed E-state index contributed by atoms with van der Waals surface area (Å²) in [6.45, 7) is 6.98. The molecular formula is C27H32ClN3O3. The molecule has 0 aliphatic carbocycles. The van der Waals surface area contributed by atoms with E-state index in [9.17, 15) is 4.79 Å². The van der Waals surface area contributed by atoms with E-state index in [0.29, 0.717) is 22.1 Å². The summed E-state index contributed by atoms with van der Waals surface area (Å²) in [4.78, 5) is 17.0. The number of ether oxygens (including phenoxy) is 2. The molecule has 0 amide bonds. The molecule has 2 aromatic carbocycles. The zero-order valence-electron chi connectivity index (χ0n) is 19.9. The summed E-state index contributed by atoms with van der Waals surface area (Å²) in [5.74, 6) is 1.17. The van der Waals surface area contributed by atoms with Gasteiger partial charge in [0.1, 0.15) is 17.9 Å². The fourth-order valence-electron chi connectivity index (χ4n) is 5.02. The molecule has 2 aliphatic heterocycles. The maximum absolute atomic E-state index is 12.1. The van der Waals surface area contributed by atoms with Crippen molar-refractivity contribution in [1.82, 2.24) is 4.90 Å². The minimum Gasteiger partial charge on any atom is -0.490 e. The number of likely N-dealkylation sites (tertiary alicyclic amines) is 1. The van der Waals surface area contributed by atoms with Gasteiger partial charge in [0.2, 0.25) is 0 Å². The van der Waals surface area contributed by atoms with E-state index in [1.165, 1.54) is 7.11 Å². The molecule has 0 bridgehead atoms. The van der Waals surface area contributed by atoms with Gasteiger partial charge in [-0.05, 0) is 62.8 Å². The molecule has 2 saturated heterocycles. The molecule has 0 saturated carbocycles. The van der Waals surface area contributed by atoms with Crippen molar-refractivity contribution >= 4 is 23.3 Å². The van der Waals surface area contributed by atoms with Gasteiger partial charge in [0.25, 0.3) is 0 Å². The summed E-state index contributed by atoms with van der Waals surface area (Å²) in [5.41, 5.74) is 2.94. The molecule has 2 fully saturated rings. The van der Waals surface area contributed by atoms with Gasteiger partial charge in [-0.2, -0.15) is 5.26 Å². The lowest BCUT2D eigenvalue weighted by Gasteiger charge is -2.38. The summed E-state index contributed by atoms with van der Waals surface area (Å²) < 4.78 is 11.2. The molecule has 180 valence electrons. The van der Waals surface area contributed by atoms with Gasteiger partial charge < -0.3 is 19.3 Å². The molecular weight excluding hydrogens is 450 g/mol. The number of hydrogen-bond donors (Lipinski definition) is 0. The topological polar surface area (TPSA) is 65.8 Å². The molecule has 0 N–H and O–H groups in total. The predicted molar refractivity (Wildman–Crippen MR) is 134 cm³/mol. The first-order valence-corrected chi connectivity index (χ1v) is 12.4. The first-order chi connectivity index (χ1) is 16.5. The van der Waals surface area contributed by atoms with E-state index in [-0.39, 0.29) is 12.1 Å². The average molecular weight is 482 g/mol. The van der Waals surface area contributed by atoms with Crippen LogP contribution in [0.15, 0.2) is 36.4 Å². The second-order valence-electron chi connectivity index (χ2n) is 9.22. The maximum Gasteiger partial charge on any atom is 0.339 e. The number of anilines is 1. The zero-order valence-corrected chi connectivity index (χ0v) is 20.7. The van der Waals surface area contributed by atoms with Gasteiger partial charge in [0, 0.05) is 38.3 Å². The Labute approximate surface area is 207 Å². The highest BCUT2D eigenvalue weighted by Gasteiger charge is 2.27. The Kier molecular flexibility index (Phi) is 7.97. The van der Waals surface area contributed by atoms with E-state index in [1.807, 2.05) is 37.3 Å². The second kappa shape index (κ2) is 11.1. The van der Waals surface area contributed by atoms with Crippen LogP contribution in [0.3, 0.4) is 0 Å². The molecule has 2 aliphatic rings. The second-order valence-corrected chi connectivity index (χ2v) is 9.60. The number of methoxy groups -OCH3 is 1. The number of nitriles is 1. The van der Waals surface area contributed by atoms with E-state index in [0.717, 1.165) is 75.4 Å². The predicted octanol–water partition coefficient (Wildman–Crippen LogP) is 5.07. The number of piperidine rings is 2. The zero-order chi connectivity index (χ0) is 24.1. The molecule has 4 rings (SSSR count). The SMILES string of the molecule is COC(=O)c1ccccc1N1CCC(CN2CCC(Oc3ccc(C#N)c(Cl)c3C)CC2)CC1. The van der Waals surface area contributed by atoms with E-state index in [1.54, 1.807) is 6.07 Å². The molecule has 0 unspecified atom stereocenters. The average Bonchev–Trinajstić information content (AvgIpc) is 2.88. The van der Waals surface area contributed by atoms with Gasteiger partial charge in [0.05, 0.1) is 28.9 Å². The largest absolute Gasteiger partial charge is 0.490 e. The van der Waals surface area contributed by atoms with Crippen molar-refractivity contribution in [2.24, 2.45) is 5.92 Å². The van der Waals surface area contributed by atoms with Crippen LogP contribution in [-0.4, -0.2) is 56.8 Å². The fourth-order valence-corrected chi connectivity index (χ4v) is 5.22. The number of esters is 1. The highest BCUT2D eigenvalue weighted by molar-refractivity contribution is 6.32. The van der Waals surface area contributed by atoms with Crippen LogP contribution in [0.2, 0.25) is 5.02 Å². The number of hydrogen-bond acceptors (Lipinski definition) is 6. The quantitative estimate of drug-likeness (QED) is 0.537. The van der Waals surface area contributed by atoms with Gasteiger partial charge in [-0.1, -0.05) is 23.7 Å². The smallest absolute Gasteiger partial charge is 0.339 e. The van der Waals surface area contributed by atoms with Crippen molar-refractivity contribution in [2.45, 2.75) is 38.7 Å². The third kappa shape index (κ3) is 5.48. The highest BCUT2D eigenvalue weighted by Crippen LogP contribution is 2.31. The molecule has 6 nitrogen and oxygen atoms in total. The first-order valence-electron chi connectivity index (χ1n) is 12.0. The standard InChI is InChI=1S/C27H32ClN3O3/c1-19-25(8-7-21(17-29)26(19)28)34-22-11-13-30(14-12-22)18-20-9-15-31(16-10-20)24-6-4-3-5-23(24)27(32)33-2/h3-8,20,22H,9-16,18H2,1-2H3.